The van der Waals surface area contributed by atoms with Gasteiger partial charge in [0.05, 0.1) is 70.7 Å². The Hall–Kier alpha value is -3.71. The van der Waals surface area contributed by atoms with E-state index in [-0.39, 0.29) is 22.4 Å². The molecule has 1 aliphatic rings. The summed E-state index contributed by atoms with van der Waals surface area (Å²) < 4.78 is 56.9. The van der Waals surface area contributed by atoms with E-state index in [9.17, 15) is 8.42 Å². The molecule has 0 unspecified atom stereocenters. The van der Waals surface area contributed by atoms with Gasteiger partial charge in [0.1, 0.15) is 16.2 Å². The molecule has 1 atom stereocenters. The van der Waals surface area contributed by atoms with Crippen LogP contribution in [0.4, 0.5) is 4.39 Å². The Morgan fingerprint density at radius 2 is 1.86 bits per heavy atom. The maximum atomic E-state index is 15.7. The number of sulfone groups is 1. The van der Waals surface area contributed by atoms with Crippen molar-refractivity contribution in [1.29, 1.82) is 0 Å². The highest BCUT2D eigenvalue weighted by Gasteiger charge is 2.35. The van der Waals surface area contributed by atoms with E-state index in [0.717, 1.165) is 6.26 Å². The van der Waals surface area contributed by atoms with Crippen molar-refractivity contribution in [2.45, 2.75) is 28.9 Å². The van der Waals surface area contributed by atoms with Crippen molar-refractivity contribution in [3.63, 3.8) is 0 Å². The maximum Gasteiger partial charge on any atom is 0.224 e. The number of hydrogen-bond acceptors (Lipinski definition) is 8. The van der Waals surface area contributed by atoms with Gasteiger partial charge in [0, 0.05) is 43.8 Å². The summed E-state index contributed by atoms with van der Waals surface area (Å²) in [5.41, 5.74) is 2.69. The van der Waals surface area contributed by atoms with Crippen LogP contribution in [-0.4, -0.2) is 88.1 Å². The van der Waals surface area contributed by atoms with Crippen LogP contribution in [0.25, 0.3) is 33.2 Å². The molecule has 1 aliphatic heterocycles. The number of benzene rings is 1. The standard InChI is InChI=1S/C28H26B3FN6O4S/c1-37-24(26(35-36-37)28(29,30)31)16-12-19-22(33-13-16)21-25(20(43(3,39)40)14-34-27(21)41-2)38(19)23(15-8-10-42-11-9-15)17-6-4-5-7-18(17)32/h4-7,12-15,23H,8-11H2,1-3H3/t23-/m0/s1. The number of methoxy groups -OCH3 is 1. The van der Waals surface area contributed by atoms with Crippen molar-refractivity contribution in [3.8, 4) is 17.1 Å². The molecular formula is C28H26B3FN6O4S. The number of aromatic nitrogens is 6. The third kappa shape index (κ3) is 5.02. The number of hydrogen-bond donors (Lipinski definition) is 0. The van der Waals surface area contributed by atoms with Crippen molar-refractivity contribution in [1.82, 2.24) is 29.5 Å². The van der Waals surface area contributed by atoms with E-state index in [1.54, 1.807) is 37.5 Å². The summed E-state index contributed by atoms with van der Waals surface area (Å²) in [4.78, 5) is 9.07. The molecule has 1 aromatic carbocycles. The first-order valence-electron chi connectivity index (χ1n) is 13.6. The minimum atomic E-state index is -3.83. The number of pyridine rings is 2. The second-order valence-electron chi connectivity index (χ2n) is 10.8. The molecule has 0 saturated carbocycles. The van der Waals surface area contributed by atoms with Gasteiger partial charge in [0.2, 0.25) is 5.88 Å². The molecule has 5 heterocycles. The first-order valence-corrected chi connectivity index (χ1v) is 15.5. The second-order valence-corrected chi connectivity index (χ2v) is 12.8. The first-order chi connectivity index (χ1) is 20.4. The summed E-state index contributed by atoms with van der Waals surface area (Å²) in [6.45, 7) is 0.964. The molecule has 5 aromatic rings. The number of ether oxygens (including phenoxy) is 2. The van der Waals surface area contributed by atoms with Gasteiger partial charge in [-0.25, -0.2) is 22.5 Å². The Labute approximate surface area is 252 Å². The van der Waals surface area contributed by atoms with Gasteiger partial charge in [-0.1, -0.05) is 28.5 Å². The number of rotatable bonds is 7. The van der Waals surface area contributed by atoms with Crippen LogP contribution in [0.2, 0.25) is 0 Å². The monoisotopic (exact) mass is 594 g/mol. The summed E-state index contributed by atoms with van der Waals surface area (Å²) in [5, 5.41) is 6.72. The molecule has 43 heavy (non-hydrogen) atoms. The van der Waals surface area contributed by atoms with Crippen LogP contribution < -0.4 is 4.74 Å². The largest absolute Gasteiger partial charge is 0.480 e. The Bertz CT molecular complexity index is 1970. The summed E-state index contributed by atoms with van der Waals surface area (Å²) in [7, 11) is 17.4. The lowest BCUT2D eigenvalue weighted by Crippen LogP contribution is -2.28. The summed E-state index contributed by atoms with van der Waals surface area (Å²) in [6.07, 6.45) is 5.19. The third-order valence-electron chi connectivity index (χ3n) is 7.91. The third-order valence-corrected chi connectivity index (χ3v) is 9.00. The van der Waals surface area contributed by atoms with Crippen LogP contribution in [0.15, 0.2) is 47.6 Å². The molecule has 0 spiro atoms. The van der Waals surface area contributed by atoms with Gasteiger partial charge in [-0.05, 0) is 30.9 Å². The van der Waals surface area contributed by atoms with Gasteiger partial charge in [-0.15, -0.1) is 5.10 Å². The summed E-state index contributed by atoms with van der Waals surface area (Å²) in [5.74, 6) is -0.353. The average molecular weight is 594 g/mol. The van der Waals surface area contributed by atoms with Gasteiger partial charge in [-0.3, -0.25) is 4.98 Å². The van der Waals surface area contributed by atoms with Crippen LogP contribution in [0.3, 0.4) is 0 Å². The number of fused-ring (bicyclic) bond motifs is 3. The zero-order chi connectivity index (χ0) is 30.7. The van der Waals surface area contributed by atoms with Crippen LogP contribution in [-0.2, 0) is 26.7 Å². The highest BCUT2D eigenvalue weighted by Crippen LogP contribution is 2.45. The lowest BCUT2D eigenvalue weighted by molar-refractivity contribution is 0.0548. The van der Waals surface area contributed by atoms with E-state index in [2.05, 4.69) is 15.3 Å². The quantitative estimate of drug-likeness (QED) is 0.265. The SMILES string of the molecule is [B]C([B])([B])c1nnn(C)c1-c1cnc2c3c(OC)ncc(S(C)(=O)=O)c3n([C@H](c3ccccc3F)C3CCOCC3)c2c1. The zero-order valence-electron chi connectivity index (χ0n) is 23.9. The Morgan fingerprint density at radius 1 is 1.14 bits per heavy atom. The van der Waals surface area contributed by atoms with Crippen LogP contribution in [0, 0.1) is 11.7 Å². The Morgan fingerprint density at radius 3 is 2.51 bits per heavy atom. The molecule has 0 N–H and O–H groups in total. The molecule has 1 fully saturated rings. The average Bonchev–Trinajstić information content (AvgIpc) is 3.52. The highest BCUT2D eigenvalue weighted by molar-refractivity contribution is 7.91. The number of aryl methyl sites for hydroxylation is 1. The summed E-state index contributed by atoms with van der Waals surface area (Å²) in [6, 6.07) is 7.66. The van der Waals surface area contributed by atoms with Crippen molar-refractivity contribution in [2.24, 2.45) is 13.0 Å². The van der Waals surface area contributed by atoms with E-state index in [1.165, 1.54) is 24.1 Å². The van der Waals surface area contributed by atoms with E-state index < -0.39 is 26.8 Å². The fourth-order valence-electron chi connectivity index (χ4n) is 6.04. The lowest BCUT2D eigenvalue weighted by atomic mass is 9.41. The van der Waals surface area contributed by atoms with Crippen molar-refractivity contribution in [2.75, 3.05) is 26.6 Å². The fraction of sp³-hybridized carbons (Fsp3) is 0.357. The molecule has 6 rings (SSSR count). The van der Waals surface area contributed by atoms with Gasteiger partial charge < -0.3 is 14.0 Å². The van der Waals surface area contributed by atoms with Gasteiger partial charge in [-0.2, -0.15) is 0 Å². The van der Waals surface area contributed by atoms with Crippen LogP contribution >= 0.6 is 0 Å². The number of halogens is 1. The van der Waals surface area contributed by atoms with E-state index in [1.807, 2.05) is 4.57 Å². The molecule has 15 heteroatoms. The van der Waals surface area contributed by atoms with Crippen molar-refractivity contribution < 1.29 is 22.3 Å². The molecular weight excluding hydrogens is 568 g/mol. The smallest absolute Gasteiger partial charge is 0.224 e. The predicted octanol–water partition coefficient (Wildman–Crippen LogP) is 2.56. The van der Waals surface area contributed by atoms with Crippen LogP contribution in [0.5, 0.6) is 5.88 Å². The van der Waals surface area contributed by atoms with E-state index in [0.29, 0.717) is 64.8 Å². The van der Waals surface area contributed by atoms with E-state index in [4.69, 9.17) is 38.0 Å². The number of nitrogens with zero attached hydrogens (tertiary/aromatic N) is 6. The maximum absolute atomic E-state index is 15.7. The molecule has 0 bridgehead atoms. The lowest BCUT2D eigenvalue weighted by Gasteiger charge is -2.33. The normalized spacial score (nSPS) is 15.7. The van der Waals surface area contributed by atoms with Crippen molar-refractivity contribution in [3.05, 3.63) is 59.8 Å². The first kappa shape index (κ1) is 29.4. The van der Waals surface area contributed by atoms with Gasteiger partial charge >= 0.3 is 0 Å². The zero-order valence-corrected chi connectivity index (χ0v) is 24.7. The minimum absolute atomic E-state index is 0.0379. The Balaban J connectivity index is 1.80. The van der Waals surface area contributed by atoms with E-state index >= 15 is 4.39 Å². The second kappa shape index (κ2) is 10.8. The molecule has 0 amide bonds. The van der Waals surface area contributed by atoms with Gasteiger partial charge in [0.15, 0.2) is 9.84 Å². The topological polar surface area (TPSA) is 114 Å². The Kier molecular flexibility index (Phi) is 7.36. The molecule has 0 aliphatic carbocycles. The van der Waals surface area contributed by atoms with Crippen LogP contribution in [0.1, 0.15) is 30.1 Å². The predicted molar refractivity (Wildman–Crippen MR) is 162 cm³/mol. The minimum Gasteiger partial charge on any atom is -0.480 e. The van der Waals surface area contributed by atoms with Crippen molar-refractivity contribution >= 4 is 55.3 Å². The highest BCUT2D eigenvalue weighted by atomic mass is 32.2. The molecule has 6 radical (unpaired) electrons. The molecule has 10 nitrogen and oxygen atoms in total. The molecule has 4 aromatic heterocycles. The van der Waals surface area contributed by atoms with Gasteiger partial charge in [0.25, 0.3) is 0 Å². The summed E-state index contributed by atoms with van der Waals surface area (Å²) >= 11 is 0. The molecule has 214 valence electrons. The molecule has 1 saturated heterocycles. The fourth-order valence-corrected chi connectivity index (χ4v) is 6.83.